The van der Waals surface area contributed by atoms with E-state index in [1.165, 1.54) is 0 Å². The minimum atomic E-state index is -0.0364. The van der Waals surface area contributed by atoms with Crippen molar-refractivity contribution in [3.8, 4) is 0 Å². The maximum Gasteiger partial charge on any atom is 0.317 e. The number of nitrogens with zero attached hydrogens (tertiary/aromatic N) is 1. The van der Waals surface area contributed by atoms with Crippen LogP contribution in [0.5, 0.6) is 0 Å². The summed E-state index contributed by atoms with van der Waals surface area (Å²) in [5, 5.41) is 2.75. The number of nitrogens with one attached hydrogen (secondary N) is 1. The van der Waals surface area contributed by atoms with E-state index < -0.39 is 0 Å². The zero-order chi connectivity index (χ0) is 10.4. The lowest BCUT2D eigenvalue weighted by Gasteiger charge is -2.30. The molecule has 0 aliphatic heterocycles. The van der Waals surface area contributed by atoms with Crippen molar-refractivity contribution in [2.45, 2.75) is 39.8 Å². The molecule has 4 heteroatoms. The molecule has 1 N–H and O–H groups in total. The normalized spacial score (nSPS) is 10.7. The fraction of sp³-hybridized carbons (Fsp3) is 0.889. The molecule has 2 amide bonds. The van der Waals surface area contributed by atoms with Gasteiger partial charge in [0.1, 0.15) is 0 Å². The molecule has 0 heterocycles. The fourth-order valence-electron chi connectivity index (χ4n) is 1.31. The Kier molecular flexibility index (Phi) is 5.88. The van der Waals surface area contributed by atoms with E-state index in [-0.39, 0.29) is 18.1 Å². The molecule has 0 saturated carbocycles. The van der Waals surface area contributed by atoms with E-state index in [9.17, 15) is 4.79 Å². The lowest BCUT2D eigenvalue weighted by molar-refractivity contribution is 0.165. The van der Waals surface area contributed by atoms with Gasteiger partial charge in [0.2, 0.25) is 0 Å². The molecule has 0 aromatic rings. The maximum atomic E-state index is 11.5. The highest BCUT2D eigenvalue weighted by atomic mass is 35.5. The molecule has 0 aromatic carbocycles. The summed E-state index contributed by atoms with van der Waals surface area (Å²) >= 11 is 5.48. The second-order valence-corrected chi connectivity index (χ2v) is 3.89. The second kappa shape index (κ2) is 6.08. The van der Waals surface area contributed by atoms with Gasteiger partial charge in [-0.3, -0.25) is 0 Å². The van der Waals surface area contributed by atoms with Gasteiger partial charge in [0.15, 0.2) is 0 Å². The molecular weight excluding hydrogens is 188 g/mol. The summed E-state index contributed by atoms with van der Waals surface area (Å²) in [5.41, 5.74) is 0. The van der Waals surface area contributed by atoms with E-state index in [0.717, 1.165) is 0 Å². The van der Waals surface area contributed by atoms with E-state index in [1.807, 2.05) is 27.7 Å². The van der Waals surface area contributed by atoms with Crippen LogP contribution in [0.1, 0.15) is 27.7 Å². The lowest BCUT2D eigenvalue weighted by Crippen LogP contribution is -2.48. The molecule has 0 aromatic heterocycles. The maximum absolute atomic E-state index is 11.5. The average molecular weight is 207 g/mol. The Morgan fingerprint density at radius 2 is 1.77 bits per heavy atom. The molecular formula is C9H19ClN2O. The molecule has 0 unspecified atom stereocenters. The third-order valence-electron chi connectivity index (χ3n) is 1.72. The van der Waals surface area contributed by atoms with E-state index in [4.69, 9.17) is 11.6 Å². The SMILES string of the molecule is CC(C)N(C(=O)NCCCl)C(C)C. The number of amides is 2. The van der Waals surface area contributed by atoms with Gasteiger partial charge in [0.25, 0.3) is 0 Å². The van der Waals surface area contributed by atoms with Gasteiger partial charge in [-0.15, -0.1) is 11.6 Å². The summed E-state index contributed by atoms with van der Waals surface area (Å²) in [7, 11) is 0. The van der Waals surface area contributed by atoms with Crippen LogP contribution in [0, 0.1) is 0 Å². The minimum Gasteiger partial charge on any atom is -0.337 e. The first-order valence-electron chi connectivity index (χ1n) is 4.62. The second-order valence-electron chi connectivity index (χ2n) is 3.52. The highest BCUT2D eigenvalue weighted by molar-refractivity contribution is 6.18. The van der Waals surface area contributed by atoms with Crippen LogP contribution in [0.4, 0.5) is 4.79 Å². The summed E-state index contributed by atoms with van der Waals surface area (Å²) in [6.07, 6.45) is 0. The number of alkyl halides is 1. The zero-order valence-corrected chi connectivity index (χ0v) is 9.56. The number of carbonyl (C=O) groups is 1. The number of urea groups is 1. The minimum absolute atomic E-state index is 0.0364. The molecule has 0 spiro atoms. The van der Waals surface area contributed by atoms with Gasteiger partial charge >= 0.3 is 6.03 Å². The van der Waals surface area contributed by atoms with Gasteiger partial charge < -0.3 is 10.2 Å². The van der Waals surface area contributed by atoms with Crippen molar-refractivity contribution in [2.75, 3.05) is 12.4 Å². The van der Waals surface area contributed by atoms with Crippen LogP contribution >= 0.6 is 11.6 Å². The Hall–Kier alpha value is -0.440. The van der Waals surface area contributed by atoms with E-state index >= 15 is 0 Å². The molecule has 0 bridgehead atoms. The molecule has 0 atom stereocenters. The number of halogens is 1. The highest BCUT2D eigenvalue weighted by Crippen LogP contribution is 2.04. The third-order valence-corrected chi connectivity index (χ3v) is 1.91. The Bertz CT molecular complexity index is 152. The Balaban J connectivity index is 4.13. The van der Waals surface area contributed by atoms with E-state index in [2.05, 4.69) is 5.32 Å². The lowest BCUT2D eigenvalue weighted by atomic mass is 10.2. The van der Waals surface area contributed by atoms with Gasteiger partial charge in [-0.25, -0.2) is 4.79 Å². The monoisotopic (exact) mass is 206 g/mol. The molecule has 0 radical (unpaired) electrons. The number of hydrogen-bond acceptors (Lipinski definition) is 1. The van der Waals surface area contributed by atoms with Crippen LogP contribution in [0.3, 0.4) is 0 Å². The number of hydrogen-bond donors (Lipinski definition) is 1. The van der Waals surface area contributed by atoms with E-state index in [0.29, 0.717) is 12.4 Å². The molecule has 13 heavy (non-hydrogen) atoms. The molecule has 0 aliphatic rings. The number of carbonyl (C=O) groups excluding carboxylic acids is 1. The topological polar surface area (TPSA) is 32.3 Å². The van der Waals surface area contributed by atoms with E-state index in [1.54, 1.807) is 4.90 Å². The van der Waals surface area contributed by atoms with Crippen molar-refractivity contribution in [3.05, 3.63) is 0 Å². The van der Waals surface area contributed by atoms with Crippen LogP contribution in [-0.2, 0) is 0 Å². The molecule has 3 nitrogen and oxygen atoms in total. The summed E-state index contributed by atoms with van der Waals surface area (Å²) < 4.78 is 0. The standard InChI is InChI=1S/C9H19ClN2O/c1-7(2)12(8(3)4)9(13)11-6-5-10/h7-8H,5-6H2,1-4H3,(H,11,13). The van der Waals surface area contributed by atoms with Gasteiger partial charge in [0.05, 0.1) is 0 Å². The smallest absolute Gasteiger partial charge is 0.317 e. The Labute approximate surface area is 85.4 Å². The summed E-state index contributed by atoms with van der Waals surface area (Å²) in [4.78, 5) is 13.3. The first-order valence-corrected chi connectivity index (χ1v) is 5.16. The molecule has 0 aliphatic carbocycles. The van der Waals surface area contributed by atoms with Crippen LogP contribution in [-0.4, -0.2) is 35.4 Å². The van der Waals surface area contributed by atoms with Crippen LogP contribution < -0.4 is 5.32 Å². The molecule has 0 saturated heterocycles. The molecule has 78 valence electrons. The van der Waals surface area contributed by atoms with Gasteiger partial charge in [-0.05, 0) is 27.7 Å². The van der Waals surface area contributed by atoms with Gasteiger partial charge in [0, 0.05) is 24.5 Å². The zero-order valence-electron chi connectivity index (χ0n) is 8.80. The predicted octanol–water partition coefficient (Wildman–Crippen LogP) is 2.05. The first-order chi connectivity index (χ1) is 6.00. The first kappa shape index (κ1) is 12.6. The average Bonchev–Trinajstić information content (AvgIpc) is 1.99. The molecule has 0 fully saturated rings. The van der Waals surface area contributed by atoms with Crippen molar-refractivity contribution in [2.24, 2.45) is 0 Å². The highest BCUT2D eigenvalue weighted by Gasteiger charge is 2.18. The van der Waals surface area contributed by atoms with Gasteiger partial charge in [-0.1, -0.05) is 0 Å². The van der Waals surface area contributed by atoms with Gasteiger partial charge in [-0.2, -0.15) is 0 Å². The third kappa shape index (κ3) is 4.36. The van der Waals surface area contributed by atoms with Crippen molar-refractivity contribution in [1.82, 2.24) is 10.2 Å². The van der Waals surface area contributed by atoms with Crippen molar-refractivity contribution in [1.29, 1.82) is 0 Å². The van der Waals surface area contributed by atoms with Crippen LogP contribution in [0.15, 0.2) is 0 Å². The number of rotatable bonds is 4. The summed E-state index contributed by atoms with van der Waals surface area (Å²) in [5.74, 6) is 0.454. The van der Waals surface area contributed by atoms with Crippen molar-refractivity contribution < 1.29 is 4.79 Å². The quantitative estimate of drug-likeness (QED) is 0.702. The molecule has 0 rings (SSSR count). The fourth-order valence-corrected chi connectivity index (χ4v) is 1.41. The van der Waals surface area contributed by atoms with Crippen molar-refractivity contribution >= 4 is 17.6 Å². The van der Waals surface area contributed by atoms with Crippen LogP contribution in [0.25, 0.3) is 0 Å². The van der Waals surface area contributed by atoms with Crippen LogP contribution in [0.2, 0.25) is 0 Å². The Morgan fingerprint density at radius 3 is 2.08 bits per heavy atom. The largest absolute Gasteiger partial charge is 0.337 e. The Morgan fingerprint density at radius 1 is 1.31 bits per heavy atom. The summed E-state index contributed by atoms with van der Waals surface area (Å²) in [6.45, 7) is 8.53. The summed E-state index contributed by atoms with van der Waals surface area (Å²) in [6, 6.07) is 0.399. The predicted molar refractivity (Wildman–Crippen MR) is 56.2 cm³/mol. The van der Waals surface area contributed by atoms with Crippen molar-refractivity contribution in [3.63, 3.8) is 0 Å².